The van der Waals surface area contributed by atoms with Crippen molar-refractivity contribution in [2.24, 2.45) is 16.5 Å². The minimum Gasteiger partial charge on any atom is -0.384 e. The molecule has 4 rings (SSSR count). The lowest BCUT2D eigenvalue weighted by Crippen LogP contribution is -2.52. The minimum absolute atomic E-state index is 0.235. The fraction of sp³-hybridized carbons (Fsp3) is 0.111. The third-order valence-electron chi connectivity index (χ3n) is 4.20. The molecule has 0 radical (unpaired) electrons. The molecule has 1 unspecified atom stereocenters. The number of hydrogen-bond acceptors (Lipinski definition) is 5. The van der Waals surface area contributed by atoms with Gasteiger partial charge in [0.1, 0.15) is 23.3 Å². The summed E-state index contributed by atoms with van der Waals surface area (Å²) in [4.78, 5) is 8.79. The van der Waals surface area contributed by atoms with Crippen LogP contribution in [0.3, 0.4) is 0 Å². The van der Waals surface area contributed by atoms with Gasteiger partial charge in [-0.1, -0.05) is 23.7 Å². The van der Waals surface area contributed by atoms with Gasteiger partial charge in [-0.2, -0.15) is 0 Å². The SMILES string of the molecule is Cc1nc2ccc(F)cc2n1C1=CC(N)=NC(N)(c2cccc(Cl)c2)N1. The second kappa shape index (κ2) is 5.82. The van der Waals surface area contributed by atoms with Gasteiger partial charge in [0.25, 0.3) is 0 Å². The van der Waals surface area contributed by atoms with Gasteiger partial charge in [-0.3, -0.25) is 10.3 Å². The van der Waals surface area contributed by atoms with E-state index in [4.69, 9.17) is 23.1 Å². The molecule has 0 amide bonds. The highest BCUT2D eigenvalue weighted by molar-refractivity contribution is 6.30. The van der Waals surface area contributed by atoms with E-state index >= 15 is 0 Å². The summed E-state index contributed by atoms with van der Waals surface area (Å²) in [6, 6.07) is 11.5. The topological polar surface area (TPSA) is 94.2 Å². The monoisotopic (exact) mass is 370 g/mol. The first-order chi connectivity index (χ1) is 12.4. The van der Waals surface area contributed by atoms with Gasteiger partial charge in [0, 0.05) is 22.7 Å². The second-order valence-corrected chi connectivity index (χ2v) is 6.53. The molecule has 6 nitrogen and oxygen atoms in total. The standard InChI is InChI=1S/C18H16ClFN6/c1-10-23-14-6-5-13(20)8-15(14)26(10)17-9-16(21)24-18(22,25-17)11-3-2-4-12(19)7-11/h2-9,25H,22H2,1H3,(H2,21,24). The second-order valence-electron chi connectivity index (χ2n) is 6.10. The number of amidine groups is 1. The van der Waals surface area contributed by atoms with Gasteiger partial charge in [-0.25, -0.2) is 14.4 Å². The van der Waals surface area contributed by atoms with Gasteiger partial charge in [-0.05, 0) is 31.2 Å². The Morgan fingerprint density at radius 1 is 1.23 bits per heavy atom. The van der Waals surface area contributed by atoms with Crippen LogP contribution in [-0.2, 0) is 5.79 Å². The number of aliphatic imine (C=N–C) groups is 1. The predicted molar refractivity (Wildman–Crippen MR) is 101 cm³/mol. The lowest BCUT2D eigenvalue weighted by atomic mass is 10.1. The normalized spacial score (nSPS) is 19.8. The van der Waals surface area contributed by atoms with Gasteiger partial charge in [0.15, 0.2) is 0 Å². The first-order valence-corrected chi connectivity index (χ1v) is 8.29. The van der Waals surface area contributed by atoms with Gasteiger partial charge < -0.3 is 11.1 Å². The first-order valence-electron chi connectivity index (χ1n) is 7.91. The van der Waals surface area contributed by atoms with Crippen LogP contribution < -0.4 is 16.8 Å². The van der Waals surface area contributed by atoms with Crippen molar-refractivity contribution < 1.29 is 4.39 Å². The van der Waals surface area contributed by atoms with Gasteiger partial charge in [0.05, 0.1) is 11.0 Å². The van der Waals surface area contributed by atoms with E-state index in [0.29, 0.717) is 33.3 Å². The number of fused-ring (bicyclic) bond motifs is 1. The summed E-state index contributed by atoms with van der Waals surface area (Å²) in [5.41, 5.74) is 14.4. The molecule has 26 heavy (non-hydrogen) atoms. The van der Waals surface area contributed by atoms with Crippen LogP contribution in [0.2, 0.25) is 5.02 Å². The zero-order chi connectivity index (χ0) is 18.5. The van der Waals surface area contributed by atoms with Crippen LogP contribution >= 0.6 is 11.6 Å². The maximum absolute atomic E-state index is 13.8. The third kappa shape index (κ3) is 2.71. The molecular formula is C18H16ClFN6. The average molecular weight is 371 g/mol. The number of aromatic nitrogens is 2. The summed E-state index contributed by atoms with van der Waals surface area (Å²) in [5.74, 6) is -0.224. The van der Waals surface area contributed by atoms with Crippen LogP contribution in [0.25, 0.3) is 16.9 Å². The summed E-state index contributed by atoms with van der Waals surface area (Å²) >= 11 is 6.08. The summed E-state index contributed by atoms with van der Waals surface area (Å²) in [6.45, 7) is 1.82. The molecule has 0 bridgehead atoms. The van der Waals surface area contributed by atoms with Crippen molar-refractivity contribution in [3.8, 4) is 0 Å². The molecule has 2 heterocycles. The number of aryl methyl sites for hydroxylation is 1. The summed E-state index contributed by atoms with van der Waals surface area (Å²) in [7, 11) is 0. The number of nitrogens with two attached hydrogens (primary N) is 2. The Hall–Kier alpha value is -2.90. The maximum atomic E-state index is 13.8. The number of nitrogens with zero attached hydrogens (tertiary/aromatic N) is 3. The van der Waals surface area contributed by atoms with E-state index in [1.807, 2.05) is 6.92 Å². The van der Waals surface area contributed by atoms with Crippen LogP contribution in [0.15, 0.2) is 53.5 Å². The van der Waals surface area contributed by atoms with Crippen molar-refractivity contribution in [2.75, 3.05) is 0 Å². The lowest BCUT2D eigenvalue weighted by molar-refractivity contribution is 0.411. The highest BCUT2D eigenvalue weighted by Crippen LogP contribution is 2.28. The molecule has 132 valence electrons. The number of imidazole rings is 1. The van der Waals surface area contributed by atoms with Crippen LogP contribution in [0, 0.1) is 12.7 Å². The van der Waals surface area contributed by atoms with E-state index in [0.717, 1.165) is 0 Å². The highest BCUT2D eigenvalue weighted by atomic mass is 35.5. The summed E-state index contributed by atoms with van der Waals surface area (Å²) in [5, 5.41) is 3.70. The average Bonchev–Trinajstić information content (AvgIpc) is 2.89. The molecule has 0 fully saturated rings. The number of benzene rings is 2. The van der Waals surface area contributed by atoms with E-state index in [9.17, 15) is 4.39 Å². The molecule has 0 saturated carbocycles. The van der Waals surface area contributed by atoms with Crippen molar-refractivity contribution in [1.29, 1.82) is 0 Å². The van der Waals surface area contributed by atoms with Crippen LogP contribution in [0.1, 0.15) is 11.4 Å². The van der Waals surface area contributed by atoms with Crippen LogP contribution in [-0.4, -0.2) is 15.4 Å². The molecule has 1 atom stereocenters. The Labute approximate surface area is 154 Å². The van der Waals surface area contributed by atoms with Gasteiger partial charge >= 0.3 is 0 Å². The molecule has 8 heteroatoms. The van der Waals surface area contributed by atoms with Crippen molar-refractivity contribution in [2.45, 2.75) is 12.7 Å². The van der Waals surface area contributed by atoms with Crippen molar-refractivity contribution >= 4 is 34.3 Å². The Morgan fingerprint density at radius 3 is 2.81 bits per heavy atom. The fourth-order valence-electron chi connectivity index (χ4n) is 3.09. The molecule has 0 saturated heterocycles. The number of halogens is 2. The van der Waals surface area contributed by atoms with Gasteiger partial charge in [-0.15, -0.1) is 0 Å². The zero-order valence-electron chi connectivity index (χ0n) is 13.9. The molecule has 5 N–H and O–H groups in total. The third-order valence-corrected chi connectivity index (χ3v) is 4.43. The Morgan fingerprint density at radius 2 is 2.04 bits per heavy atom. The van der Waals surface area contributed by atoms with Crippen LogP contribution in [0.5, 0.6) is 0 Å². The predicted octanol–water partition coefficient (Wildman–Crippen LogP) is 2.67. The zero-order valence-corrected chi connectivity index (χ0v) is 14.6. The van der Waals surface area contributed by atoms with E-state index in [2.05, 4.69) is 15.3 Å². The quantitative estimate of drug-likeness (QED) is 0.646. The van der Waals surface area contributed by atoms with Crippen LogP contribution in [0.4, 0.5) is 4.39 Å². The Balaban J connectivity index is 1.85. The molecule has 0 spiro atoms. The molecular weight excluding hydrogens is 355 g/mol. The van der Waals surface area contributed by atoms with E-state index in [1.54, 1.807) is 41.0 Å². The lowest BCUT2D eigenvalue weighted by Gasteiger charge is -2.33. The minimum atomic E-state index is -1.31. The molecule has 0 aliphatic carbocycles. The first kappa shape index (κ1) is 16.6. The number of rotatable bonds is 2. The van der Waals surface area contributed by atoms with E-state index in [-0.39, 0.29) is 11.7 Å². The number of nitrogens with one attached hydrogen (secondary N) is 1. The van der Waals surface area contributed by atoms with Crippen molar-refractivity contribution in [1.82, 2.24) is 14.9 Å². The fourth-order valence-corrected chi connectivity index (χ4v) is 3.28. The van der Waals surface area contributed by atoms with Crippen molar-refractivity contribution in [3.63, 3.8) is 0 Å². The largest absolute Gasteiger partial charge is 0.384 e. The smallest absolute Gasteiger partial charge is 0.212 e. The molecule has 1 aromatic heterocycles. The number of hydrogen-bond donors (Lipinski definition) is 3. The maximum Gasteiger partial charge on any atom is 0.212 e. The van der Waals surface area contributed by atoms with Gasteiger partial charge in [0.2, 0.25) is 5.79 Å². The molecule has 1 aliphatic rings. The van der Waals surface area contributed by atoms with Crippen molar-refractivity contribution in [3.05, 3.63) is 70.8 Å². The summed E-state index contributed by atoms with van der Waals surface area (Å²) < 4.78 is 15.5. The Bertz CT molecular complexity index is 1090. The molecule has 1 aliphatic heterocycles. The molecule has 3 aromatic rings. The van der Waals surface area contributed by atoms with E-state index in [1.165, 1.54) is 12.1 Å². The molecule has 2 aromatic carbocycles. The Kier molecular flexibility index (Phi) is 3.71. The summed E-state index contributed by atoms with van der Waals surface area (Å²) in [6.07, 6.45) is 1.63. The highest BCUT2D eigenvalue weighted by Gasteiger charge is 2.32. The van der Waals surface area contributed by atoms with E-state index < -0.39 is 5.79 Å².